The fourth-order valence-electron chi connectivity index (χ4n) is 4.12. The van der Waals surface area contributed by atoms with E-state index in [0.717, 1.165) is 22.8 Å². The lowest BCUT2D eigenvalue weighted by Crippen LogP contribution is -2.45. The highest BCUT2D eigenvalue weighted by Crippen LogP contribution is 2.24. The SMILES string of the molecule is CC1CCCCC1.N#CC1C=C2NC(c3ccc(OCc4ccccc4)cc3)=CC(=O)N2N1. The number of hydrogen-bond acceptors (Lipinski definition) is 5. The third-order valence-electron chi connectivity index (χ3n) is 6.03. The third-order valence-corrected chi connectivity index (χ3v) is 6.03. The first-order chi connectivity index (χ1) is 16.1. The van der Waals surface area contributed by atoms with Gasteiger partial charge in [0, 0.05) is 6.08 Å². The number of nitrogens with zero attached hydrogens (tertiary/aromatic N) is 2. The maximum atomic E-state index is 12.2. The van der Waals surface area contributed by atoms with Crippen LogP contribution in [0.15, 0.2) is 72.6 Å². The zero-order chi connectivity index (χ0) is 23.0. The number of carbonyl (C=O) groups is 1. The minimum absolute atomic E-state index is 0.216. The fraction of sp³-hybridized carbons (Fsp3) is 0.333. The van der Waals surface area contributed by atoms with E-state index in [9.17, 15) is 4.79 Å². The van der Waals surface area contributed by atoms with Crippen LogP contribution in [0, 0.1) is 17.2 Å². The van der Waals surface area contributed by atoms with Gasteiger partial charge in [-0.05, 0) is 47.4 Å². The molecular weight excluding hydrogens is 412 g/mol. The summed E-state index contributed by atoms with van der Waals surface area (Å²) in [6, 6.07) is 19.1. The van der Waals surface area contributed by atoms with Crippen LogP contribution in [-0.4, -0.2) is 17.0 Å². The lowest BCUT2D eigenvalue weighted by molar-refractivity contribution is -0.126. The molecule has 2 heterocycles. The van der Waals surface area contributed by atoms with Crippen LogP contribution in [0.25, 0.3) is 5.70 Å². The molecule has 1 atom stereocenters. The van der Waals surface area contributed by atoms with Gasteiger partial charge in [0.1, 0.15) is 24.2 Å². The summed E-state index contributed by atoms with van der Waals surface area (Å²) in [6.45, 7) is 2.86. The highest BCUT2D eigenvalue weighted by Gasteiger charge is 2.31. The Morgan fingerprint density at radius 1 is 1.06 bits per heavy atom. The van der Waals surface area contributed by atoms with Gasteiger partial charge < -0.3 is 10.1 Å². The van der Waals surface area contributed by atoms with Gasteiger partial charge >= 0.3 is 0 Å². The van der Waals surface area contributed by atoms with E-state index in [2.05, 4.69) is 23.7 Å². The summed E-state index contributed by atoms with van der Waals surface area (Å²) < 4.78 is 5.78. The van der Waals surface area contributed by atoms with E-state index in [1.165, 1.54) is 43.2 Å². The number of amides is 1. The molecule has 0 aromatic heterocycles. The first-order valence-electron chi connectivity index (χ1n) is 11.6. The molecule has 2 aliphatic heterocycles. The Balaban J connectivity index is 0.000000318. The van der Waals surface area contributed by atoms with Crippen LogP contribution < -0.4 is 15.5 Å². The van der Waals surface area contributed by atoms with Crippen molar-refractivity contribution in [3.05, 3.63) is 83.7 Å². The monoisotopic (exact) mass is 442 g/mol. The van der Waals surface area contributed by atoms with E-state index >= 15 is 0 Å². The van der Waals surface area contributed by atoms with Gasteiger partial charge in [0.25, 0.3) is 5.91 Å². The molecule has 3 aliphatic rings. The molecule has 6 heteroatoms. The van der Waals surface area contributed by atoms with Crippen molar-refractivity contribution in [2.24, 2.45) is 5.92 Å². The minimum atomic E-state index is -0.511. The summed E-state index contributed by atoms with van der Waals surface area (Å²) in [7, 11) is 0. The van der Waals surface area contributed by atoms with Crippen molar-refractivity contribution in [3.8, 4) is 11.8 Å². The Hall–Kier alpha value is -3.56. The van der Waals surface area contributed by atoms with Crippen molar-refractivity contribution in [2.75, 3.05) is 0 Å². The molecule has 1 aliphatic carbocycles. The van der Waals surface area contributed by atoms with E-state index in [1.54, 1.807) is 6.08 Å². The van der Waals surface area contributed by atoms with Crippen molar-refractivity contribution >= 4 is 11.6 Å². The lowest BCUT2D eigenvalue weighted by atomic mass is 9.91. The summed E-state index contributed by atoms with van der Waals surface area (Å²) in [5, 5.41) is 13.5. The first kappa shape index (κ1) is 22.6. The van der Waals surface area contributed by atoms with Crippen LogP contribution in [0.1, 0.15) is 50.2 Å². The smallest absolute Gasteiger partial charge is 0.268 e. The van der Waals surface area contributed by atoms with E-state index in [0.29, 0.717) is 18.1 Å². The molecule has 5 rings (SSSR count). The third kappa shape index (κ3) is 6.03. The maximum absolute atomic E-state index is 12.2. The van der Waals surface area contributed by atoms with Crippen LogP contribution in [-0.2, 0) is 11.4 Å². The Morgan fingerprint density at radius 3 is 2.42 bits per heavy atom. The second kappa shape index (κ2) is 10.8. The number of rotatable bonds is 4. The van der Waals surface area contributed by atoms with Gasteiger partial charge in [-0.1, -0.05) is 69.4 Å². The topological polar surface area (TPSA) is 77.4 Å². The van der Waals surface area contributed by atoms with Gasteiger partial charge in [0.05, 0.1) is 11.8 Å². The lowest BCUT2D eigenvalue weighted by Gasteiger charge is -2.26. The molecule has 170 valence electrons. The second-order valence-corrected chi connectivity index (χ2v) is 8.69. The first-order valence-corrected chi connectivity index (χ1v) is 11.6. The van der Waals surface area contributed by atoms with Crippen LogP contribution in [0.2, 0.25) is 0 Å². The number of nitrogens with one attached hydrogen (secondary N) is 2. The molecule has 1 unspecified atom stereocenters. The largest absolute Gasteiger partial charge is 0.489 e. The predicted molar refractivity (Wildman–Crippen MR) is 128 cm³/mol. The fourth-order valence-corrected chi connectivity index (χ4v) is 4.12. The number of ether oxygens (including phenoxy) is 1. The summed E-state index contributed by atoms with van der Waals surface area (Å²) in [5.41, 5.74) is 5.47. The van der Waals surface area contributed by atoms with Gasteiger partial charge in [-0.2, -0.15) is 5.26 Å². The molecule has 2 aromatic rings. The molecule has 1 amide bonds. The molecule has 0 bridgehead atoms. The quantitative estimate of drug-likeness (QED) is 0.706. The number of carbonyl (C=O) groups excluding carboxylic acids is 1. The van der Waals surface area contributed by atoms with E-state index < -0.39 is 6.04 Å². The van der Waals surface area contributed by atoms with Crippen LogP contribution in [0.5, 0.6) is 5.75 Å². The second-order valence-electron chi connectivity index (χ2n) is 8.69. The molecule has 2 aromatic carbocycles. The zero-order valence-corrected chi connectivity index (χ0v) is 19.0. The van der Waals surface area contributed by atoms with Crippen LogP contribution >= 0.6 is 0 Å². The standard InChI is InChI=1S/C20H16N4O2.C7H14/c21-12-16-10-19-22-18(11-20(25)24(19)23-16)15-6-8-17(9-7-15)26-13-14-4-2-1-3-5-14;1-7-5-3-2-4-6-7/h1-11,16,22-23H,13H2;7H,2-6H2,1H3. The molecule has 1 saturated carbocycles. The molecule has 1 fully saturated rings. The molecule has 0 radical (unpaired) electrons. The average molecular weight is 443 g/mol. The Morgan fingerprint density at radius 2 is 1.79 bits per heavy atom. The summed E-state index contributed by atoms with van der Waals surface area (Å²) >= 11 is 0. The molecule has 6 nitrogen and oxygen atoms in total. The minimum Gasteiger partial charge on any atom is -0.489 e. The highest BCUT2D eigenvalue weighted by atomic mass is 16.5. The summed E-state index contributed by atoms with van der Waals surface area (Å²) in [4.78, 5) is 12.2. The average Bonchev–Trinajstić information content (AvgIpc) is 3.29. The van der Waals surface area contributed by atoms with Gasteiger partial charge in [-0.15, -0.1) is 0 Å². The molecular formula is C27H30N4O2. The van der Waals surface area contributed by atoms with Crippen molar-refractivity contribution in [3.63, 3.8) is 0 Å². The van der Waals surface area contributed by atoms with E-state index in [4.69, 9.17) is 10.00 Å². The predicted octanol–water partition coefficient (Wildman–Crippen LogP) is 4.88. The Labute approximate surface area is 195 Å². The van der Waals surface area contributed by atoms with Crippen molar-refractivity contribution in [1.29, 1.82) is 5.26 Å². The number of nitriles is 1. The van der Waals surface area contributed by atoms with E-state index in [-0.39, 0.29) is 5.91 Å². The number of hydrogen-bond donors (Lipinski definition) is 2. The van der Waals surface area contributed by atoms with E-state index in [1.807, 2.05) is 54.6 Å². The van der Waals surface area contributed by atoms with Crippen molar-refractivity contribution < 1.29 is 9.53 Å². The number of benzene rings is 2. The maximum Gasteiger partial charge on any atom is 0.268 e. The Kier molecular flexibility index (Phi) is 7.43. The van der Waals surface area contributed by atoms with Gasteiger partial charge in [0.15, 0.2) is 0 Å². The molecule has 0 spiro atoms. The highest BCUT2D eigenvalue weighted by molar-refractivity contribution is 5.98. The Bertz CT molecular complexity index is 1050. The van der Waals surface area contributed by atoms with Crippen LogP contribution in [0.3, 0.4) is 0 Å². The molecule has 2 N–H and O–H groups in total. The van der Waals surface area contributed by atoms with Gasteiger partial charge in [-0.3, -0.25) is 4.79 Å². The van der Waals surface area contributed by atoms with Crippen LogP contribution in [0.4, 0.5) is 0 Å². The van der Waals surface area contributed by atoms with Gasteiger partial charge in [0.2, 0.25) is 0 Å². The van der Waals surface area contributed by atoms with Crippen molar-refractivity contribution in [2.45, 2.75) is 51.7 Å². The normalized spacial score (nSPS) is 19.8. The number of fused-ring (bicyclic) bond motifs is 1. The molecule has 0 saturated heterocycles. The zero-order valence-electron chi connectivity index (χ0n) is 19.0. The van der Waals surface area contributed by atoms with Crippen molar-refractivity contribution in [1.82, 2.24) is 15.8 Å². The summed E-state index contributed by atoms with van der Waals surface area (Å²) in [6.07, 6.45) is 10.6. The summed E-state index contributed by atoms with van der Waals surface area (Å²) in [5.74, 6) is 2.15. The van der Waals surface area contributed by atoms with Gasteiger partial charge in [-0.25, -0.2) is 10.4 Å². The molecule has 33 heavy (non-hydrogen) atoms. The number of hydrazine groups is 1.